The number of rotatable bonds is 1. The Morgan fingerprint density at radius 3 is 2.65 bits per heavy atom. The summed E-state index contributed by atoms with van der Waals surface area (Å²) in [5, 5.41) is 33.5. The van der Waals surface area contributed by atoms with E-state index < -0.39 is 87.2 Å². The average molecular weight is 546 g/mol. The highest BCUT2D eigenvalue weighted by molar-refractivity contribution is 7.47. The van der Waals surface area contributed by atoms with Crippen LogP contribution in [0.2, 0.25) is 0 Å². The van der Waals surface area contributed by atoms with Crippen LogP contribution in [0, 0.1) is 6.92 Å². The lowest BCUT2D eigenvalue weighted by Gasteiger charge is -2.45. The van der Waals surface area contributed by atoms with Gasteiger partial charge in [-0.05, 0) is 19.4 Å². The van der Waals surface area contributed by atoms with E-state index in [1.54, 1.807) is 6.92 Å². The zero-order valence-electron chi connectivity index (χ0n) is 19.8. The number of fused-ring (bicyclic) bond motifs is 5. The molecule has 0 aliphatic carbocycles. The van der Waals surface area contributed by atoms with Gasteiger partial charge in [0.15, 0.2) is 5.60 Å². The highest BCUT2D eigenvalue weighted by Crippen LogP contribution is 2.49. The minimum absolute atomic E-state index is 0.0652. The first kappa shape index (κ1) is 26.3. The summed E-state index contributed by atoms with van der Waals surface area (Å²) in [4.78, 5) is 54.0. The van der Waals surface area contributed by atoms with Crippen molar-refractivity contribution in [3.63, 3.8) is 0 Å². The molecule has 3 saturated heterocycles. The zero-order valence-corrected chi connectivity index (χ0v) is 20.7. The van der Waals surface area contributed by atoms with Gasteiger partial charge in [-0.25, -0.2) is 14.2 Å². The van der Waals surface area contributed by atoms with Crippen LogP contribution in [-0.4, -0.2) is 96.1 Å². The Morgan fingerprint density at radius 1 is 1.22 bits per heavy atom. The molecule has 1 aromatic rings. The van der Waals surface area contributed by atoms with Crippen LogP contribution in [-0.2, 0) is 27.9 Å². The van der Waals surface area contributed by atoms with Gasteiger partial charge in [0.2, 0.25) is 0 Å². The van der Waals surface area contributed by atoms with Crippen molar-refractivity contribution in [2.75, 3.05) is 13.2 Å². The number of nitrogens with zero attached hydrogens (tertiary/aromatic N) is 3. The molecule has 0 saturated carbocycles. The number of aromatic nitrogens is 2. The van der Waals surface area contributed by atoms with E-state index >= 15 is 0 Å². The summed E-state index contributed by atoms with van der Waals surface area (Å²) in [5.74, 6) is -1.04. The highest BCUT2D eigenvalue weighted by Gasteiger charge is 2.56. The number of hydrogen-bond donors (Lipinski definition) is 5. The average Bonchev–Trinajstić information content (AvgIpc) is 3.38. The summed E-state index contributed by atoms with van der Waals surface area (Å²) in [5.41, 5.74) is -2.92. The number of ether oxygens (including phenoxy) is 2. The monoisotopic (exact) mass is 546 g/mol. The molecule has 204 valence electrons. The third kappa shape index (κ3) is 4.51. The molecule has 16 nitrogen and oxygen atoms in total. The number of phosphoric ester groups is 1. The smallest absolute Gasteiger partial charge is 0.394 e. The van der Waals surface area contributed by atoms with Crippen LogP contribution in [0.15, 0.2) is 11.0 Å². The number of imide groups is 1. The number of aliphatic hydroxyl groups is 3. The van der Waals surface area contributed by atoms with Crippen molar-refractivity contribution in [2.24, 2.45) is 0 Å². The fraction of sp³-hybridized carbons (Fsp3) is 0.700. The number of carbonyl (C=O) groups excluding carboxylic acids is 2. The van der Waals surface area contributed by atoms with E-state index in [1.807, 2.05) is 5.32 Å². The van der Waals surface area contributed by atoms with Gasteiger partial charge >= 0.3 is 19.5 Å². The molecular weight excluding hydrogens is 519 g/mol. The van der Waals surface area contributed by atoms with E-state index in [9.17, 15) is 39.2 Å². The Morgan fingerprint density at radius 2 is 1.95 bits per heavy atom. The predicted molar refractivity (Wildman–Crippen MR) is 118 cm³/mol. The second-order valence-corrected chi connectivity index (χ2v) is 11.0. The van der Waals surface area contributed by atoms with Crippen molar-refractivity contribution in [1.29, 1.82) is 0 Å². The third-order valence-corrected chi connectivity index (χ3v) is 8.03. The predicted octanol–water partition coefficient (Wildman–Crippen LogP) is -1.83. The molecule has 5 N–H and O–H groups in total. The fourth-order valence-corrected chi connectivity index (χ4v) is 6.07. The number of nitrogens with one attached hydrogen (secondary N) is 1. The minimum atomic E-state index is -4.78. The van der Waals surface area contributed by atoms with Crippen LogP contribution < -0.4 is 11.0 Å². The highest BCUT2D eigenvalue weighted by atomic mass is 31.2. The lowest BCUT2D eigenvalue weighted by molar-refractivity contribution is -0.159. The van der Waals surface area contributed by atoms with Crippen LogP contribution >= 0.6 is 7.82 Å². The van der Waals surface area contributed by atoms with Crippen LogP contribution in [0.1, 0.15) is 43.3 Å². The number of aryl methyl sites for hydroxylation is 1. The quantitative estimate of drug-likeness (QED) is 0.245. The SMILES string of the molecule is Cc1cn2c(=O)nc1[C@@H]1N(C(=O)NC(=O)[C@]1(C)O)[C@H]1C[C@H](OP(=O)(O)OC[C@@H]3O[C@@H]2C[C@@H]3O)[C@@H](CO)O1. The fourth-order valence-electron chi connectivity index (χ4n) is 5.11. The largest absolute Gasteiger partial charge is 0.472 e. The Labute approximate surface area is 209 Å². The molecule has 0 aromatic carbocycles. The second kappa shape index (κ2) is 9.18. The Kier molecular flexibility index (Phi) is 6.54. The second-order valence-electron chi connectivity index (χ2n) is 9.60. The number of aliphatic hydroxyl groups excluding tert-OH is 2. The summed E-state index contributed by atoms with van der Waals surface area (Å²) >= 11 is 0. The molecule has 5 aliphatic heterocycles. The maximum Gasteiger partial charge on any atom is 0.472 e. The van der Waals surface area contributed by atoms with Crippen LogP contribution in [0.3, 0.4) is 0 Å². The van der Waals surface area contributed by atoms with Crippen molar-refractivity contribution in [1.82, 2.24) is 19.8 Å². The molecule has 17 heteroatoms. The molecule has 1 unspecified atom stereocenters. The number of urea groups is 1. The van der Waals surface area contributed by atoms with Gasteiger partial charge in [0.05, 0.1) is 25.0 Å². The molecule has 6 bridgehead atoms. The molecule has 6 rings (SSSR count). The molecule has 37 heavy (non-hydrogen) atoms. The molecule has 5 aliphatic rings. The lowest BCUT2D eigenvalue weighted by Crippen LogP contribution is -2.67. The van der Waals surface area contributed by atoms with Crippen molar-refractivity contribution in [2.45, 2.75) is 75.2 Å². The van der Waals surface area contributed by atoms with Crippen molar-refractivity contribution < 1.29 is 52.9 Å². The van der Waals surface area contributed by atoms with Gasteiger partial charge in [-0.15, -0.1) is 0 Å². The summed E-state index contributed by atoms with van der Waals surface area (Å²) in [6, 6.07) is -2.50. The first-order valence-corrected chi connectivity index (χ1v) is 13.0. The van der Waals surface area contributed by atoms with Crippen LogP contribution in [0.25, 0.3) is 0 Å². The summed E-state index contributed by atoms with van der Waals surface area (Å²) in [7, 11) is -4.78. The van der Waals surface area contributed by atoms with Crippen LogP contribution in [0.5, 0.6) is 0 Å². The van der Waals surface area contributed by atoms with Crippen molar-refractivity contribution >= 4 is 19.8 Å². The molecule has 0 radical (unpaired) electrons. The minimum Gasteiger partial charge on any atom is -0.394 e. The maximum absolute atomic E-state index is 13.1. The molecule has 9 atom stereocenters. The van der Waals surface area contributed by atoms with Crippen molar-refractivity contribution in [3.8, 4) is 0 Å². The normalized spacial score (nSPS) is 42.1. The van der Waals surface area contributed by atoms with Crippen LogP contribution in [0.4, 0.5) is 4.79 Å². The third-order valence-electron chi connectivity index (χ3n) is 7.01. The van der Waals surface area contributed by atoms with Gasteiger partial charge < -0.3 is 29.7 Å². The number of amides is 3. The Balaban J connectivity index is 1.66. The van der Waals surface area contributed by atoms with E-state index in [1.165, 1.54) is 6.20 Å². The number of phosphoric acid groups is 1. The molecule has 3 amide bonds. The van der Waals surface area contributed by atoms with Gasteiger partial charge in [-0.1, -0.05) is 0 Å². The molecule has 6 heterocycles. The number of hydrogen-bond acceptors (Lipinski definition) is 12. The first-order chi connectivity index (χ1) is 17.3. The topological polar surface area (TPSA) is 219 Å². The van der Waals surface area contributed by atoms with Gasteiger partial charge in [-0.3, -0.25) is 28.6 Å². The first-order valence-electron chi connectivity index (χ1n) is 11.5. The molecule has 3 fully saturated rings. The summed E-state index contributed by atoms with van der Waals surface area (Å²) < 4.78 is 35.4. The summed E-state index contributed by atoms with van der Waals surface area (Å²) in [6.45, 7) is 1.47. The van der Waals surface area contributed by atoms with Gasteiger partial charge in [0.25, 0.3) is 5.91 Å². The molecular formula is C20H27N4O12P. The van der Waals surface area contributed by atoms with E-state index in [0.29, 0.717) is 5.56 Å². The molecule has 0 spiro atoms. The Hall–Kier alpha value is -2.27. The molecule has 1 aromatic heterocycles. The van der Waals surface area contributed by atoms with E-state index in [2.05, 4.69) is 4.98 Å². The standard InChI is InChI=1S/C20H27N4O12P/c1-8-5-23-13-3-9(26)12(35-13)7-33-37(31,32)36-10-4-14(34-11(10)6-25)24-16(15(8)21-18(23)28)20(2,30)17(27)22-19(24)29/h5,9-14,16,25-26,30H,3-4,6-7H2,1-2H3,(H,31,32)(H,22,27,29)/t9-,10-,11+,12-,13+,14+,16-,20+/m0/s1. The van der Waals surface area contributed by atoms with E-state index in [0.717, 1.165) is 16.4 Å². The lowest BCUT2D eigenvalue weighted by atomic mass is 9.87. The van der Waals surface area contributed by atoms with E-state index in [-0.39, 0.29) is 18.5 Å². The Bertz CT molecular complexity index is 1220. The van der Waals surface area contributed by atoms with Gasteiger partial charge in [0, 0.05) is 19.0 Å². The van der Waals surface area contributed by atoms with E-state index in [4.69, 9.17) is 18.5 Å². The zero-order chi connectivity index (χ0) is 26.9. The maximum atomic E-state index is 13.1. The van der Waals surface area contributed by atoms with Gasteiger partial charge in [-0.2, -0.15) is 4.98 Å². The summed E-state index contributed by atoms with van der Waals surface area (Å²) in [6.07, 6.45) is -5.94. The van der Waals surface area contributed by atoms with Gasteiger partial charge in [0.1, 0.15) is 36.8 Å². The van der Waals surface area contributed by atoms with Crippen molar-refractivity contribution in [3.05, 3.63) is 27.9 Å². The number of carbonyl (C=O) groups is 2.